The smallest absolute Gasteiger partial charge is 0.136 e. The van der Waals surface area contributed by atoms with Crippen LogP contribution in [0.4, 0.5) is 0 Å². The summed E-state index contributed by atoms with van der Waals surface area (Å²) in [6, 6.07) is 7.76. The molecule has 0 aliphatic carbocycles. The highest BCUT2D eigenvalue weighted by Gasteiger charge is 2.02. The van der Waals surface area contributed by atoms with Gasteiger partial charge in [-0.05, 0) is 24.3 Å². The molecule has 1 aromatic carbocycles. The Labute approximate surface area is 107 Å². The number of aliphatic hydroxyl groups excluding tert-OH is 1. The van der Waals surface area contributed by atoms with Gasteiger partial charge in [-0.1, -0.05) is 39.7 Å². The van der Waals surface area contributed by atoms with Crippen LogP contribution < -0.4 is 0 Å². The second-order valence-corrected chi connectivity index (χ2v) is 4.56. The van der Waals surface area contributed by atoms with Crippen molar-refractivity contribution in [3.8, 4) is 0 Å². The van der Waals surface area contributed by atoms with Gasteiger partial charge in [-0.15, -0.1) is 0 Å². The molecule has 0 bridgehead atoms. The van der Waals surface area contributed by atoms with Crippen LogP contribution in [0.5, 0.6) is 0 Å². The van der Waals surface area contributed by atoms with E-state index in [2.05, 4.69) is 20.9 Å². The Hall–Kier alpha value is -0.900. The molecule has 1 heterocycles. The topological polar surface area (TPSA) is 33.1 Å². The molecule has 0 unspecified atom stereocenters. The molecule has 0 aliphatic rings. The predicted molar refractivity (Wildman–Crippen MR) is 70.6 cm³/mol. The van der Waals surface area contributed by atoms with Gasteiger partial charge in [-0.2, -0.15) is 0 Å². The molecule has 0 saturated carbocycles. The van der Waals surface area contributed by atoms with Crippen LogP contribution in [-0.2, 0) is 0 Å². The number of fused-ring (bicyclic) bond motifs is 1. The van der Waals surface area contributed by atoms with E-state index in [4.69, 9.17) is 16.7 Å². The SMILES string of the molecule is OC/C=C/c1cc2cc(Br)ccc2nc1Cl. The number of hydrogen-bond acceptors (Lipinski definition) is 2. The minimum atomic E-state index is -0.00709. The lowest BCUT2D eigenvalue weighted by molar-refractivity contribution is 0.343. The van der Waals surface area contributed by atoms with Crippen molar-refractivity contribution in [3.05, 3.63) is 45.5 Å². The van der Waals surface area contributed by atoms with Crippen molar-refractivity contribution in [2.75, 3.05) is 6.61 Å². The Morgan fingerprint density at radius 2 is 2.19 bits per heavy atom. The number of aliphatic hydroxyl groups is 1. The average molecular weight is 299 g/mol. The van der Waals surface area contributed by atoms with Gasteiger partial charge in [0, 0.05) is 15.4 Å². The predicted octanol–water partition coefficient (Wildman–Crippen LogP) is 3.66. The van der Waals surface area contributed by atoms with Crippen LogP contribution in [-0.4, -0.2) is 16.7 Å². The lowest BCUT2D eigenvalue weighted by Crippen LogP contribution is -1.85. The summed E-state index contributed by atoms with van der Waals surface area (Å²) in [5.74, 6) is 0. The minimum Gasteiger partial charge on any atom is -0.392 e. The fraction of sp³-hybridized carbons (Fsp3) is 0.0833. The quantitative estimate of drug-likeness (QED) is 0.858. The number of hydrogen-bond donors (Lipinski definition) is 1. The van der Waals surface area contributed by atoms with Gasteiger partial charge in [0.1, 0.15) is 5.15 Å². The Morgan fingerprint density at radius 1 is 1.38 bits per heavy atom. The Bertz CT molecular complexity index is 554. The van der Waals surface area contributed by atoms with E-state index in [9.17, 15) is 0 Å². The average Bonchev–Trinajstić information content (AvgIpc) is 2.27. The van der Waals surface area contributed by atoms with Crippen LogP contribution in [0, 0.1) is 0 Å². The number of rotatable bonds is 2. The summed E-state index contributed by atoms with van der Waals surface area (Å²) in [6.07, 6.45) is 3.39. The molecule has 0 aliphatic heterocycles. The summed E-state index contributed by atoms with van der Waals surface area (Å²) in [4.78, 5) is 4.28. The molecule has 2 aromatic rings. The van der Waals surface area contributed by atoms with Crippen LogP contribution in [0.1, 0.15) is 5.56 Å². The molecule has 1 N–H and O–H groups in total. The minimum absolute atomic E-state index is 0.00709. The zero-order valence-corrected chi connectivity index (χ0v) is 10.7. The van der Waals surface area contributed by atoms with Crippen LogP contribution in [0.2, 0.25) is 5.15 Å². The molecule has 0 amide bonds. The third-order valence-electron chi connectivity index (χ3n) is 2.16. The highest BCUT2D eigenvalue weighted by Crippen LogP contribution is 2.24. The van der Waals surface area contributed by atoms with Crippen molar-refractivity contribution >= 4 is 44.5 Å². The molecule has 0 saturated heterocycles. The molecule has 4 heteroatoms. The van der Waals surface area contributed by atoms with Crippen molar-refractivity contribution in [3.63, 3.8) is 0 Å². The van der Waals surface area contributed by atoms with Crippen LogP contribution in [0.3, 0.4) is 0 Å². The molecule has 2 rings (SSSR count). The van der Waals surface area contributed by atoms with Gasteiger partial charge in [0.15, 0.2) is 0 Å². The van der Waals surface area contributed by atoms with Crippen molar-refractivity contribution in [2.24, 2.45) is 0 Å². The number of nitrogens with zero attached hydrogens (tertiary/aromatic N) is 1. The molecule has 0 atom stereocenters. The first-order valence-corrected chi connectivity index (χ1v) is 5.91. The maximum atomic E-state index is 8.72. The second-order valence-electron chi connectivity index (χ2n) is 3.29. The molecule has 0 radical (unpaired) electrons. The first-order chi connectivity index (χ1) is 7.70. The standard InChI is InChI=1S/C12H9BrClNO/c13-10-3-4-11-9(7-10)6-8(2-1-5-16)12(14)15-11/h1-4,6-7,16H,5H2/b2-1+. The lowest BCUT2D eigenvalue weighted by atomic mass is 10.1. The maximum absolute atomic E-state index is 8.72. The molecule has 0 fully saturated rings. The zero-order chi connectivity index (χ0) is 11.5. The zero-order valence-electron chi connectivity index (χ0n) is 8.32. The summed E-state index contributed by atoms with van der Waals surface area (Å²) < 4.78 is 1.00. The molecule has 0 spiro atoms. The van der Waals surface area contributed by atoms with Gasteiger partial charge < -0.3 is 5.11 Å². The van der Waals surface area contributed by atoms with Gasteiger partial charge in [0.2, 0.25) is 0 Å². The largest absolute Gasteiger partial charge is 0.392 e. The maximum Gasteiger partial charge on any atom is 0.136 e. The highest BCUT2D eigenvalue weighted by atomic mass is 79.9. The first-order valence-electron chi connectivity index (χ1n) is 4.74. The van der Waals surface area contributed by atoms with Crippen molar-refractivity contribution in [1.82, 2.24) is 4.98 Å². The van der Waals surface area contributed by atoms with Gasteiger partial charge >= 0.3 is 0 Å². The number of halogens is 2. The van der Waals surface area contributed by atoms with Gasteiger partial charge in [0.25, 0.3) is 0 Å². The van der Waals surface area contributed by atoms with Gasteiger partial charge in [0.05, 0.1) is 12.1 Å². The monoisotopic (exact) mass is 297 g/mol. The molecule has 82 valence electrons. The van der Waals surface area contributed by atoms with Crippen molar-refractivity contribution in [1.29, 1.82) is 0 Å². The Morgan fingerprint density at radius 3 is 2.94 bits per heavy atom. The van der Waals surface area contributed by atoms with E-state index in [1.54, 1.807) is 12.2 Å². The third-order valence-corrected chi connectivity index (χ3v) is 2.96. The summed E-state index contributed by atoms with van der Waals surface area (Å²) in [5.41, 5.74) is 1.66. The van der Waals surface area contributed by atoms with E-state index in [0.717, 1.165) is 20.9 Å². The summed E-state index contributed by atoms with van der Waals surface area (Å²) in [6.45, 7) is -0.00709. The summed E-state index contributed by atoms with van der Waals surface area (Å²) >= 11 is 9.43. The normalized spacial score (nSPS) is 11.4. The Kier molecular flexibility index (Phi) is 3.59. The van der Waals surface area contributed by atoms with Crippen LogP contribution in [0.15, 0.2) is 34.8 Å². The van der Waals surface area contributed by atoms with Crippen LogP contribution >= 0.6 is 27.5 Å². The van der Waals surface area contributed by atoms with Gasteiger partial charge in [-0.25, -0.2) is 4.98 Å². The molecule has 16 heavy (non-hydrogen) atoms. The van der Waals surface area contributed by atoms with E-state index < -0.39 is 0 Å². The lowest BCUT2D eigenvalue weighted by Gasteiger charge is -2.02. The van der Waals surface area contributed by atoms with Crippen molar-refractivity contribution < 1.29 is 5.11 Å². The van der Waals surface area contributed by atoms with E-state index in [1.807, 2.05) is 24.3 Å². The van der Waals surface area contributed by atoms with E-state index in [0.29, 0.717) is 5.15 Å². The fourth-order valence-electron chi connectivity index (χ4n) is 1.44. The molecule has 1 aromatic heterocycles. The third kappa shape index (κ3) is 2.43. The summed E-state index contributed by atoms with van der Waals surface area (Å²) in [7, 11) is 0. The van der Waals surface area contributed by atoms with E-state index in [1.165, 1.54) is 0 Å². The molecular weight excluding hydrogens is 289 g/mol. The van der Waals surface area contributed by atoms with Gasteiger partial charge in [-0.3, -0.25) is 0 Å². The number of benzene rings is 1. The van der Waals surface area contributed by atoms with Crippen LogP contribution in [0.25, 0.3) is 17.0 Å². The number of aromatic nitrogens is 1. The highest BCUT2D eigenvalue weighted by molar-refractivity contribution is 9.10. The first kappa shape index (κ1) is 11.6. The molecule has 2 nitrogen and oxygen atoms in total. The van der Waals surface area contributed by atoms with E-state index in [-0.39, 0.29) is 6.61 Å². The molecular formula is C12H9BrClNO. The summed E-state index contributed by atoms with van der Waals surface area (Å²) in [5, 5.41) is 10.2. The second kappa shape index (κ2) is 4.95. The van der Waals surface area contributed by atoms with Crippen molar-refractivity contribution in [2.45, 2.75) is 0 Å². The fourth-order valence-corrected chi connectivity index (χ4v) is 2.02. The van der Waals surface area contributed by atoms with E-state index >= 15 is 0 Å². The Balaban J connectivity index is 2.59. The number of pyridine rings is 1.